The molecule has 0 spiro atoms. The van der Waals surface area contributed by atoms with E-state index in [4.69, 9.17) is 9.47 Å². The third-order valence-electron chi connectivity index (χ3n) is 5.65. The largest absolute Gasteiger partial charge is 0.466 e. The van der Waals surface area contributed by atoms with Gasteiger partial charge in [0.1, 0.15) is 5.60 Å². The van der Waals surface area contributed by atoms with Crippen molar-refractivity contribution in [2.24, 2.45) is 0 Å². The van der Waals surface area contributed by atoms with Crippen molar-refractivity contribution >= 4 is 12.1 Å². The molecule has 1 aliphatic heterocycles. The molecule has 0 N–H and O–H groups in total. The van der Waals surface area contributed by atoms with Crippen LogP contribution in [0, 0.1) is 11.3 Å². The van der Waals surface area contributed by atoms with Crippen LogP contribution in [0.5, 0.6) is 5.88 Å². The van der Waals surface area contributed by atoms with E-state index in [1.807, 2.05) is 12.1 Å². The maximum atomic E-state index is 12.8. The molecule has 1 saturated carbocycles. The first-order valence-electron chi connectivity index (χ1n) is 11.0. The minimum atomic E-state index is -0.962. The van der Waals surface area contributed by atoms with Crippen LogP contribution < -0.4 is 4.74 Å². The maximum Gasteiger partial charge on any atom is 0.411 e. The topological polar surface area (TPSA) is 107 Å². The highest BCUT2D eigenvalue weighted by Gasteiger charge is 2.39. The van der Waals surface area contributed by atoms with E-state index < -0.39 is 23.7 Å². The van der Waals surface area contributed by atoms with E-state index >= 15 is 0 Å². The van der Waals surface area contributed by atoms with Crippen molar-refractivity contribution in [3.8, 4) is 17.6 Å². The normalized spacial score (nSPS) is 17.7. The van der Waals surface area contributed by atoms with Gasteiger partial charge in [0.15, 0.2) is 12.6 Å². The average molecular weight is 453 g/mol. The summed E-state index contributed by atoms with van der Waals surface area (Å²) in [7, 11) is 1.27. The van der Waals surface area contributed by atoms with Crippen LogP contribution in [0.3, 0.4) is 0 Å². The molecular weight excluding hydrogens is 424 g/mol. The Kier molecular flexibility index (Phi) is 6.02. The Morgan fingerprint density at radius 3 is 2.48 bits per heavy atom. The van der Waals surface area contributed by atoms with Gasteiger partial charge in [0.25, 0.3) is 0 Å². The van der Waals surface area contributed by atoms with Gasteiger partial charge in [-0.25, -0.2) is 14.3 Å². The van der Waals surface area contributed by atoms with Crippen LogP contribution in [-0.4, -0.2) is 52.6 Å². The van der Waals surface area contributed by atoms with E-state index in [1.165, 1.54) is 30.4 Å². The standard InChI is InChI=1S/C24H28N4O5/c1-24(2,3)33-23(30)27-12-11-18-21(19(27)13-25)22(32-14-20(29)31-4)26-28(18)17-9-7-16(8-10-17)15-5-6-15/h7-10,15,19H,5-6,11-12,14H2,1-4H3/t19-/m0/s1. The van der Waals surface area contributed by atoms with Gasteiger partial charge in [-0.05, 0) is 57.2 Å². The Hall–Kier alpha value is -3.54. The van der Waals surface area contributed by atoms with Crippen LogP contribution >= 0.6 is 0 Å². The average Bonchev–Trinajstić information content (AvgIpc) is 3.57. The fraction of sp³-hybridized carbons (Fsp3) is 0.500. The summed E-state index contributed by atoms with van der Waals surface area (Å²) in [4.78, 5) is 25.9. The summed E-state index contributed by atoms with van der Waals surface area (Å²) in [6.07, 6.45) is 2.30. The highest BCUT2D eigenvalue weighted by atomic mass is 16.6. The lowest BCUT2D eigenvalue weighted by Gasteiger charge is -2.33. The van der Waals surface area contributed by atoms with Gasteiger partial charge in [-0.15, -0.1) is 5.10 Å². The summed E-state index contributed by atoms with van der Waals surface area (Å²) in [5.41, 5.74) is 2.65. The lowest BCUT2D eigenvalue weighted by atomic mass is 9.99. The molecule has 0 saturated heterocycles. The van der Waals surface area contributed by atoms with Crippen molar-refractivity contribution in [3.63, 3.8) is 0 Å². The molecular formula is C24H28N4O5. The quantitative estimate of drug-likeness (QED) is 0.637. The number of carbonyl (C=O) groups excluding carboxylic acids is 2. The molecule has 9 nitrogen and oxygen atoms in total. The monoisotopic (exact) mass is 452 g/mol. The number of amides is 1. The lowest BCUT2D eigenvalue weighted by Crippen LogP contribution is -2.42. The molecule has 9 heteroatoms. The van der Waals surface area contributed by atoms with Crippen LogP contribution in [0.1, 0.15) is 62.4 Å². The number of carbonyl (C=O) groups is 2. The number of rotatable bonds is 5. The van der Waals surface area contributed by atoms with Gasteiger partial charge in [-0.2, -0.15) is 5.26 Å². The minimum absolute atomic E-state index is 0.126. The van der Waals surface area contributed by atoms with Crippen molar-refractivity contribution in [1.82, 2.24) is 14.7 Å². The number of aromatic nitrogens is 2. The van der Waals surface area contributed by atoms with E-state index in [9.17, 15) is 14.9 Å². The molecule has 174 valence electrons. The molecule has 1 aromatic carbocycles. The highest BCUT2D eigenvalue weighted by molar-refractivity contribution is 5.72. The summed E-state index contributed by atoms with van der Waals surface area (Å²) < 4.78 is 17.6. The van der Waals surface area contributed by atoms with E-state index in [2.05, 4.69) is 28.0 Å². The van der Waals surface area contributed by atoms with Gasteiger partial charge in [-0.3, -0.25) is 4.90 Å². The molecule has 4 rings (SSSR count). The smallest absolute Gasteiger partial charge is 0.411 e. The zero-order valence-corrected chi connectivity index (χ0v) is 19.3. The number of nitriles is 1. The number of hydrogen-bond acceptors (Lipinski definition) is 7. The number of fused-ring (bicyclic) bond motifs is 1. The zero-order valence-electron chi connectivity index (χ0n) is 19.3. The molecule has 2 aromatic rings. The fourth-order valence-electron chi connectivity index (χ4n) is 3.93. The van der Waals surface area contributed by atoms with Crippen LogP contribution in [-0.2, 0) is 20.7 Å². The van der Waals surface area contributed by atoms with E-state index in [0.29, 0.717) is 24.4 Å². The number of esters is 1. The second-order valence-electron chi connectivity index (χ2n) is 9.26. The summed E-state index contributed by atoms with van der Waals surface area (Å²) in [6.45, 7) is 5.26. The van der Waals surface area contributed by atoms with Crippen LogP contribution in [0.4, 0.5) is 4.79 Å². The zero-order chi connectivity index (χ0) is 23.8. The molecule has 1 aromatic heterocycles. The molecule has 1 atom stereocenters. The van der Waals surface area contributed by atoms with Crippen molar-refractivity contribution in [3.05, 3.63) is 41.1 Å². The number of nitrogens with zero attached hydrogens (tertiary/aromatic N) is 4. The molecule has 33 heavy (non-hydrogen) atoms. The molecule has 0 radical (unpaired) electrons. The second-order valence-corrected chi connectivity index (χ2v) is 9.26. The van der Waals surface area contributed by atoms with E-state index in [1.54, 1.807) is 25.5 Å². The van der Waals surface area contributed by atoms with Crippen LogP contribution in [0.2, 0.25) is 0 Å². The molecule has 1 amide bonds. The number of ether oxygens (including phenoxy) is 3. The highest BCUT2D eigenvalue weighted by Crippen LogP contribution is 2.41. The van der Waals surface area contributed by atoms with Gasteiger partial charge in [0.05, 0.1) is 30.1 Å². The molecule has 2 aliphatic rings. The molecule has 1 fully saturated rings. The molecule has 2 heterocycles. The number of methoxy groups -OCH3 is 1. The minimum Gasteiger partial charge on any atom is -0.466 e. The van der Waals surface area contributed by atoms with Crippen LogP contribution in [0.15, 0.2) is 24.3 Å². The Bertz CT molecular complexity index is 1090. The van der Waals surface area contributed by atoms with Crippen LogP contribution in [0.25, 0.3) is 5.69 Å². The Morgan fingerprint density at radius 2 is 1.91 bits per heavy atom. The van der Waals surface area contributed by atoms with E-state index in [-0.39, 0.29) is 12.5 Å². The Labute approximate surface area is 192 Å². The first-order valence-corrected chi connectivity index (χ1v) is 11.0. The molecule has 0 bridgehead atoms. The van der Waals surface area contributed by atoms with Gasteiger partial charge in [0, 0.05) is 13.0 Å². The molecule has 1 aliphatic carbocycles. The Morgan fingerprint density at radius 1 is 1.21 bits per heavy atom. The molecule has 0 unspecified atom stereocenters. The van der Waals surface area contributed by atoms with Gasteiger partial charge >= 0.3 is 12.1 Å². The van der Waals surface area contributed by atoms with Crippen molar-refractivity contribution < 1.29 is 23.8 Å². The third-order valence-corrected chi connectivity index (χ3v) is 5.65. The SMILES string of the molecule is COC(=O)COc1nn(-c2ccc(C3CC3)cc2)c2c1[C@H](C#N)N(C(=O)OC(C)(C)C)CC2. The predicted octanol–water partition coefficient (Wildman–Crippen LogP) is 3.66. The van der Waals surface area contributed by atoms with Crippen molar-refractivity contribution in [2.45, 2.75) is 57.6 Å². The second kappa shape index (κ2) is 8.77. The van der Waals surface area contributed by atoms with Gasteiger partial charge in [0.2, 0.25) is 5.88 Å². The first-order chi connectivity index (χ1) is 15.7. The summed E-state index contributed by atoms with van der Waals surface area (Å²) in [6, 6.07) is 9.40. The Balaban J connectivity index is 1.72. The first kappa shape index (κ1) is 22.6. The van der Waals surface area contributed by atoms with Gasteiger partial charge < -0.3 is 14.2 Å². The van der Waals surface area contributed by atoms with E-state index in [0.717, 1.165) is 11.4 Å². The predicted molar refractivity (Wildman–Crippen MR) is 118 cm³/mol. The third kappa shape index (κ3) is 4.80. The van der Waals surface area contributed by atoms with Gasteiger partial charge in [-0.1, -0.05) is 12.1 Å². The maximum absolute atomic E-state index is 12.8. The summed E-state index contributed by atoms with van der Waals surface area (Å²) >= 11 is 0. The summed E-state index contributed by atoms with van der Waals surface area (Å²) in [5.74, 6) is 0.191. The summed E-state index contributed by atoms with van der Waals surface area (Å²) in [5, 5.41) is 14.6. The lowest BCUT2D eigenvalue weighted by molar-refractivity contribution is -0.143. The number of benzene rings is 1. The van der Waals surface area contributed by atoms with Crippen molar-refractivity contribution in [1.29, 1.82) is 5.26 Å². The fourth-order valence-corrected chi connectivity index (χ4v) is 3.93. The number of hydrogen-bond donors (Lipinski definition) is 0. The van der Waals surface area contributed by atoms with Crippen molar-refractivity contribution in [2.75, 3.05) is 20.3 Å².